The Hall–Kier alpha value is -0.0800. The molecular weight excluding hydrogens is 186 g/mol. The lowest BCUT2D eigenvalue weighted by Crippen LogP contribution is -2.36. The van der Waals surface area contributed by atoms with Crippen molar-refractivity contribution < 1.29 is 5.11 Å². The molecule has 0 radical (unpaired) electrons. The van der Waals surface area contributed by atoms with E-state index in [9.17, 15) is 5.11 Å². The first-order valence-corrected chi connectivity index (χ1v) is 6.48. The van der Waals surface area contributed by atoms with Crippen LogP contribution in [0.3, 0.4) is 0 Å². The molecule has 15 heavy (non-hydrogen) atoms. The van der Waals surface area contributed by atoms with E-state index in [1.807, 2.05) is 6.92 Å². The molecule has 2 heteroatoms. The summed E-state index contributed by atoms with van der Waals surface area (Å²) in [4.78, 5) is 2.42. The second-order valence-electron chi connectivity index (χ2n) is 5.38. The molecule has 2 unspecified atom stereocenters. The molecule has 1 aliphatic rings. The van der Waals surface area contributed by atoms with Crippen molar-refractivity contribution in [3.05, 3.63) is 0 Å². The maximum absolute atomic E-state index is 9.35. The second kappa shape index (κ2) is 6.49. The summed E-state index contributed by atoms with van der Waals surface area (Å²) < 4.78 is 0. The van der Waals surface area contributed by atoms with Gasteiger partial charge in [0.25, 0.3) is 0 Å². The van der Waals surface area contributed by atoms with Crippen molar-refractivity contribution in [3.63, 3.8) is 0 Å². The van der Waals surface area contributed by atoms with Gasteiger partial charge in [0.2, 0.25) is 0 Å². The molecule has 1 fully saturated rings. The molecule has 1 saturated carbocycles. The maximum atomic E-state index is 9.35. The summed E-state index contributed by atoms with van der Waals surface area (Å²) in [5.74, 6) is 0.903. The third-order valence-electron chi connectivity index (χ3n) is 3.71. The van der Waals surface area contributed by atoms with Gasteiger partial charge >= 0.3 is 0 Å². The predicted octanol–water partition coefficient (Wildman–Crippen LogP) is 2.66. The first-order valence-electron chi connectivity index (χ1n) is 6.48. The summed E-state index contributed by atoms with van der Waals surface area (Å²) >= 11 is 0. The van der Waals surface area contributed by atoms with Crippen molar-refractivity contribution in [2.24, 2.45) is 5.92 Å². The summed E-state index contributed by atoms with van der Waals surface area (Å²) in [6.45, 7) is 5.31. The summed E-state index contributed by atoms with van der Waals surface area (Å²) in [6, 6.07) is 0.506. The highest BCUT2D eigenvalue weighted by atomic mass is 16.3. The number of hydrogen-bond acceptors (Lipinski definition) is 2. The Bertz CT molecular complexity index is 164. The molecule has 2 atom stereocenters. The lowest BCUT2D eigenvalue weighted by atomic mass is 9.88. The van der Waals surface area contributed by atoms with E-state index in [0.717, 1.165) is 12.3 Å². The zero-order valence-corrected chi connectivity index (χ0v) is 10.6. The minimum absolute atomic E-state index is 0.172. The predicted molar refractivity (Wildman–Crippen MR) is 65.0 cm³/mol. The van der Waals surface area contributed by atoms with Crippen LogP contribution in [0.25, 0.3) is 0 Å². The van der Waals surface area contributed by atoms with E-state index in [-0.39, 0.29) is 6.10 Å². The highest BCUT2D eigenvalue weighted by molar-refractivity contribution is 4.73. The van der Waals surface area contributed by atoms with Crippen LogP contribution < -0.4 is 0 Å². The average molecular weight is 213 g/mol. The number of nitrogens with zero attached hydrogens (tertiary/aromatic N) is 1. The fourth-order valence-electron chi connectivity index (χ4n) is 2.63. The molecule has 0 aliphatic heterocycles. The molecule has 0 aromatic carbocycles. The Labute approximate surface area is 94.7 Å². The molecule has 0 bridgehead atoms. The lowest BCUT2D eigenvalue weighted by Gasteiger charge is -2.31. The highest BCUT2D eigenvalue weighted by Crippen LogP contribution is 2.24. The Morgan fingerprint density at radius 1 is 1.20 bits per heavy atom. The van der Waals surface area contributed by atoms with Crippen LogP contribution in [0.5, 0.6) is 0 Å². The van der Waals surface area contributed by atoms with E-state index >= 15 is 0 Å². The van der Waals surface area contributed by atoms with E-state index in [4.69, 9.17) is 0 Å². The van der Waals surface area contributed by atoms with E-state index in [1.165, 1.54) is 38.6 Å². The van der Waals surface area contributed by atoms with Gasteiger partial charge < -0.3 is 10.0 Å². The third-order valence-corrected chi connectivity index (χ3v) is 3.71. The molecule has 0 aromatic heterocycles. The lowest BCUT2D eigenvalue weighted by molar-refractivity contribution is 0.119. The van der Waals surface area contributed by atoms with Gasteiger partial charge in [0.1, 0.15) is 0 Å². The van der Waals surface area contributed by atoms with Gasteiger partial charge in [0, 0.05) is 12.6 Å². The van der Waals surface area contributed by atoms with Crippen molar-refractivity contribution in [2.75, 3.05) is 13.6 Å². The first-order chi connectivity index (χ1) is 7.09. The van der Waals surface area contributed by atoms with E-state index < -0.39 is 0 Å². The molecular formula is C13H27NO. The Kier molecular flexibility index (Phi) is 5.62. The van der Waals surface area contributed by atoms with Gasteiger partial charge in [-0.25, -0.2) is 0 Å². The highest BCUT2D eigenvalue weighted by Gasteiger charge is 2.18. The first kappa shape index (κ1) is 13.0. The van der Waals surface area contributed by atoms with Crippen LogP contribution in [0.1, 0.15) is 52.4 Å². The van der Waals surface area contributed by atoms with Crippen molar-refractivity contribution in [1.29, 1.82) is 0 Å². The van der Waals surface area contributed by atoms with Crippen LogP contribution in [0, 0.1) is 5.92 Å². The molecule has 0 saturated heterocycles. The maximum Gasteiger partial charge on any atom is 0.0526 e. The van der Waals surface area contributed by atoms with Crippen LogP contribution in [0.15, 0.2) is 0 Å². The largest absolute Gasteiger partial charge is 0.393 e. The van der Waals surface area contributed by atoms with Gasteiger partial charge in [-0.05, 0) is 46.1 Å². The topological polar surface area (TPSA) is 23.5 Å². The van der Waals surface area contributed by atoms with Crippen LogP contribution in [-0.2, 0) is 0 Å². The summed E-state index contributed by atoms with van der Waals surface area (Å²) in [5.41, 5.74) is 0. The van der Waals surface area contributed by atoms with E-state index in [1.54, 1.807) is 0 Å². The van der Waals surface area contributed by atoms with Gasteiger partial charge in [-0.2, -0.15) is 0 Å². The zero-order chi connectivity index (χ0) is 11.3. The molecule has 1 aliphatic carbocycles. The van der Waals surface area contributed by atoms with Crippen molar-refractivity contribution in [1.82, 2.24) is 4.90 Å². The molecule has 2 nitrogen and oxygen atoms in total. The van der Waals surface area contributed by atoms with Crippen molar-refractivity contribution in [3.8, 4) is 0 Å². The minimum atomic E-state index is -0.172. The monoisotopic (exact) mass is 213 g/mol. The Morgan fingerprint density at radius 3 is 2.33 bits per heavy atom. The standard InChI is InChI=1S/C13H27NO/c1-11(9-12(2)15)14(3)10-13-7-5-4-6-8-13/h11-13,15H,4-10H2,1-3H3. The minimum Gasteiger partial charge on any atom is -0.393 e. The summed E-state index contributed by atoms with van der Waals surface area (Å²) in [5, 5.41) is 9.35. The SMILES string of the molecule is CC(O)CC(C)N(C)CC1CCCCC1. The molecule has 0 heterocycles. The summed E-state index contributed by atoms with van der Waals surface area (Å²) in [6.07, 6.45) is 7.81. The fourth-order valence-corrected chi connectivity index (χ4v) is 2.63. The van der Waals surface area contributed by atoms with Crippen LogP contribution in [-0.4, -0.2) is 35.7 Å². The number of hydrogen-bond donors (Lipinski definition) is 1. The van der Waals surface area contributed by atoms with Crippen LogP contribution >= 0.6 is 0 Å². The quantitative estimate of drug-likeness (QED) is 0.759. The molecule has 0 amide bonds. The number of rotatable bonds is 5. The average Bonchev–Trinajstić information content (AvgIpc) is 2.18. The van der Waals surface area contributed by atoms with Gasteiger partial charge in [0.15, 0.2) is 0 Å². The smallest absolute Gasteiger partial charge is 0.0526 e. The Balaban J connectivity index is 2.23. The summed E-state index contributed by atoms with van der Waals surface area (Å²) in [7, 11) is 2.20. The number of aliphatic hydroxyl groups is 1. The molecule has 0 aromatic rings. The fraction of sp³-hybridized carbons (Fsp3) is 1.00. The van der Waals surface area contributed by atoms with Gasteiger partial charge in [-0.15, -0.1) is 0 Å². The molecule has 1 rings (SSSR count). The second-order valence-corrected chi connectivity index (χ2v) is 5.38. The van der Waals surface area contributed by atoms with Gasteiger partial charge in [-0.1, -0.05) is 19.3 Å². The van der Waals surface area contributed by atoms with Crippen molar-refractivity contribution in [2.45, 2.75) is 64.5 Å². The zero-order valence-electron chi connectivity index (χ0n) is 10.6. The molecule has 0 spiro atoms. The van der Waals surface area contributed by atoms with E-state index in [0.29, 0.717) is 6.04 Å². The normalized spacial score (nSPS) is 23.0. The van der Waals surface area contributed by atoms with E-state index in [2.05, 4.69) is 18.9 Å². The van der Waals surface area contributed by atoms with Gasteiger partial charge in [-0.3, -0.25) is 0 Å². The third kappa shape index (κ3) is 4.98. The molecule has 1 N–H and O–H groups in total. The van der Waals surface area contributed by atoms with Gasteiger partial charge in [0.05, 0.1) is 6.10 Å². The van der Waals surface area contributed by atoms with Crippen LogP contribution in [0.4, 0.5) is 0 Å². The van der Waals surface area contributed by atoms with Crippen molar-refractivity contribution >= 4 is 0 Å². The molecule has 90 valence electrons. The Morgan fingerprint density at radius 2 is 1.80 bits per heavy atom. The van der Waals surface area contributed by atoms with Crippen LogP contribution in [0.2, 0.25) is 0 Å². The number of aliphatic hydroxyl groups excluding tert-OH is 1.